The molecule has 6 nitrogen and oxygen atoms in total. The lowest BCUT2D eigenvalue weighted by Gasteiger charge is -2.10. The van der Waals surface area contributed by atoms with Gasteiger partial charge in [-0.25, -0.2) is 5.43 Å². The minimum Gasteiger partial charge on any atom is -0.488 e. The van der Waals surface area contributed by atoms with Gasteiger partial charge in [-0.3, -0.25) is 9.59 Å². The number of para-hydroxylation sites is 1. The highest BCUT2D eigenvalue weighted by Crippen LogP contribution is 2.21. The van der Waals surface area contributed by atoms with Crippen LogP contribution in [0.25, 0.3) is 0 Å². The first-order chi connectivity index (χ1) is 14.9. The fourth-order valence-electron chi connectivity index (χ4n) is 2.75. The average molecular weight is 436 g/mol. The maximum atomic E-state index is 12.1. The number of hydrogen-bond acceptors (Lipinski definition) is 4. The molecular formula is C24H22ClN3O3. The van der Waals surface area contributed by atoms with Crippen molar-refractivity contribution >= 4 is 35.3 Å². The highest BCUT2D eigenvalue weighted by Gasteiger charge is 2.14. The first-order valence-corrected chi connectivity index (χ1v) is 9.98. The molecule has 0 heterocycles. The van der Waals surface area contributed by atoms with Crippen LogP contribution in [0.3, 0.4) is 0 Å². The summed E-state index contributed by atoms with van der Waals surface area (Å²) in [5.41, 5.74) is 6.16. The third kappa shape index (κ3) is 6.17. The molecule has 0 saturated carbocycles. The standard InChI is InChI=1S/C24H22ClN3O3/c1-16-11-12-17(2)21(13-16)27-23(29)24(30)28-26-14-18-7-4-6-10-22(18)31-15-19-8-3-5-9-20(19)25/h3-14H,15H2,1-2H3,(H,27,29)(H,28,30)/b26-14-. The van der Waals surface area contributed by atoms with Crippen LogP contribution in [0.1, 0.15) is 22.3 Å². The Balaban J connectivity index is 1.60. The Morgan fingerprint density at radius 1 is 1.00 bits per heavy atom. The monoisotopic (exact) mass is 435 g/mol. The Bertz CT molecular complexity index is 1130. The van der Waals surface area contributed by atoms with Gasteiger partial charge in [-0.1, -0.05) is 54.1 Å². The van der Waals surface area contributed by atoms with Crippen LogP contribution < -0.4 is 15.5 Å². The molecule has 0 spiro atoms. The van der Waals surface area contributed by atoms with Crippen LogP contribution >= 0.6 is 11.6 Å². The van der Waals surface area contributed by atoms with E-state index in [1.807, 2.05) is 56.3 Å². The highest BCUT2D eigenvalue weighted by atomic mass is 35.5. The molecule has 0 aliphatic rings. The zero-order valence-corrected chi connectivity index (χ0v) is 17.9. The molecule has 7 heteroatoms. The van der Waals surface area contributed by atoms with Gasteiger partial charge in [-0.05, 0) is 49.2 Å². The van der Waals surface area contributed by atoms with E-state index in [2.05, 4.69) is 15.8 Å². The maximum absolute atomic E-state index is 12.1. The van der Waals surface area contributed by atoms with Gasteiger partial charge in [-0.15, -0.1) is 0 Å². The Labute approximate surface area is 185 Å². The predicted octanol–water partition coefficient (Wildman–Crippen LogP) is 4.62. The number of hydrazone groups is 1. The molecule has 2 N–H and O–H groups in total. The van der Waals surface area contributed by atoms with Crippen LogP contribution in [0.4, 0.5) is 5.69 Å². The van der Waals surface area contributed by atoms with Crippen molar-refractivity contribution in [1.29, 1.82) is 0 Å². The molecule has 158 valence electrons. The van der Waals surface area contributed by atoms with Crippen molar-refractivity contribution < 1.29 is 14.3 Å². The van der Waals surface area contributed by atoms with E-state index in [9.17, 15) is 9.59 Å². The molecule has 0 aromatic heterocycles. The smallest absolute Gasteiger partial charge is 0.329 e. The van der Waals surface area contributed by atoms with E-state index in [0.29, 0.717) is 22.0 Å². The summed E-state index contributed by atoms with van der Waals surface area (Å²) in [6.07, 6.45) is 1.42. The number of halogens is 1. The minimum absolute atomic E-state index is 0.287. The molecule has 3 aromatic carbocycles. The van der Waals surface area contributed by atoms with Crippen LogP contribution in [0, 0.1) is 13.8 Å². The number of anilines is 1. The van der Waals surface area contributed by atoms with Crippen LogP contribution in [0.15, 0.2) is 71.8 Å². The number of benzene rings is 3. The first kappa shape index (κ1) is 22.1. The summed E-state index contributed by atoms with van der Waals surface area (Å²) in [5, 5.41) is 7.10. The second-order valence-corrected chi connectivity index (χ2v) is 7.30. The van der Waals surface area contributed by atoms with Gasteiger partial charge < -0.3 is 10.1 Å². The van der Waals surface area contributed by atoms with Gasteiger partial charge in [0.1, 0.15) is 12.4 Å². The van der Waals surface area contributed by atoms with E-state index in [1.54, 1.807) is 24.3 Å². The summed E-state index contributed by atoms with van der Waals surface area (Å²) in [5.74, 6) is -1.10. The average Bonchev–Trinajstić information content (AvgIpc) is 2.76. The normalized spacial score (nSPS) is 10.7. The van der Waals surface area contributed by atoms with E-state index < -0.39 is 11.8 Å². The van der Waals surface area contributed by atoms with Gasteiger partial charge in [-0.2, -0.15) is 5.10 Å². The number of aryl methyl sites for hydroxylation is 2. The third-order valence-corrected chi connectivity index (χ3v) is 4.85. The SMILES string of the molecule is Cc1ccc(C)c(NC(=O)C(=O)N/N=C\c2ccccc2OCc2ccccc2Cl)c1. The van der Waals surface area contributed by atoms with Crippen LogP contribution in [0.5, 0.6) is 5.75 Å². The maximum Gasteiger partial charge on any atom is 0.329 e. The lowest BCUT2D eigenvalue weighted by Crippen LogP contribution is -2.32. The van der Waals surface area contributed by atoms with E-state index >= 15 is 0 Å². The predicted molar refractivity (Wildman–Crippen MR) is 123 cm³/mol. The summed E-state index contributed by atoms with van der Waals surface area (Å²) in [6.45, 7) is 4.05. The van der Waals surface area contributed by atoms with Crippen molar-refractivity contribution in [2.75, 3.05) is 5.32 Å². The highest BCUT2D eigenvalue weighted by molar-refractivity contribution is 6.39. The van der Waals surface area contributed by atoms with Gasteiger partial charge >= 0.3 is 11.8 Å². The molecule has 31 heavy (non-hydrogen) atoms. The van der Waals surface area contributed by atoms with Gasteiger partial charge in [0.15, 0.2) is 0 Å². The summed E-state index contributed by atoms with van der Waals surface area (Å²) >= 11 is 6.16. The zero-order valence-electron chi connectivity index (χ0n) is 17.2. The molecule has 3 rings (SSSR count). The molecule has 0 saturated heterocycles. The number of amides is 2. The molecule has 0 aliphatic heterocycles. The van der Waals surface area contributed by atoms with Crippen molar-refractivity contribution in [1.82, 2.24) is 5.43 Å². The number of nitrogens with one attached hydrogen (secondary N) is 2. The lowest BCUT2D eigenvalue weighted by molar-refractivity contribution is -0.136. The Morgan fingerprint density at radius 3 is 2.55 bits per heavy atom. The van der Waals surface area contributed by atoms with Gasteiger partial charge in [0.25, 0.3) is 0 Å². The van der Waals surface area contributed by atoms with Crippen LogP contribution in [-0.4, -0.2) is 18.0 Å². The molecule has 0 bridgehead atoms. The molecular weight excluding hydrogens is 414 g/mol. The number of hydrogen-bond donors (Lipinski definition) is 2. The van der Waals surface area contributed by atoms with E-state index in [-0.39, 0.29) is 6.61 Å². The minimum atomic E-state index is -0.869. The molecule has 3 aromatic rings. The lowest BCUT2D eigenvalue weighted by atomic mass is 10.1. The summed E-state index contributed by atoms with van der Waals surface area (Å²) < 4.78 is 5.84. The fraction of sp³-hybridized carbons (Fsp3) is 0.125. The van der Waals surface area contributed by atoms with Gasteiger partial charge in [0, 0.05) is 21.8 Å². The number of carbonyl (C=O) groups excluding carboxylic acids is 2. The molecule has 0 radical (unpaired) electrons. The number of carbonyl (C=O) groups is 2. The second kappa shape index (κ2) is 10.4. The summed E-state index contributed by atoms with van der Waals surface area (Å²) in [4.78, 5) is 24.2. The van der Waals surface area contributed by atoms with Crippen LogP contribution in [-0.2, 0) is 16.2 Å². The number of rotatable bonds is 6. The zero-order chi connectivity index (χ0) is 22.2. The molecule has 0 aliphatic carbocycles. The molecule has 0 atom stereocenters. The topological polar surface area (TPSA) is 79.8 Å². The van der Waals surface area contributed by atoms with Crippen LogP contribution in [0.2, 0.25) is 5.02 Å². The van der Waals surface area contributed by atoms with Gasteiger partial charge in [0.05, 0.1) is 6.21 Å². The Kier molecular flexibility index (Phi) is 7.40. The summed E-state index contributed by atoms with van der Waals surface area (Å²) in [7, 11) is 0. The van der Waals surface area contributed by atoms with Crippen molar-refractivity contribution in [2.45, 2.75) is 20.5 Å². The summed E-state index contributed by atoms with van der Waals surface area (Å²) in [6, 6.07) is 20.2. The third-order valence-electron chi connectivity index (χ3n) is 4.48. The van der Waals surface area contributed by atoms with E-state index in [0.717, 1.165) is 16.7 Å². The first-order valence-electron chi connectivity index (χ1n) is 9.61. The Morgan fingerprint density at radius 2 is 1.74 bits per heavy atom. The number of nitrogens with zero attached hydrogens (tertiary/aromatic N) is 1. The van der Waals surface area contributed by atoms with Crippen molar-refractivity contribution in [2.24, 2.45) is 5.10 Å². The molecule has 0 unspecified atom stereocenters. The second-order valence-electron chi connectivity index (χ2n) is 6.89. The molecule has 2 amide bonds. The van der Waals surface area contributed by atoms with Gasteiger partial charge in [0.2, 0.25) is 0 Å². The van der Waals surface area contributed by atoms with Crippen molar-refractivity contribution in [3.8, 4) is 5.75 Å². The quantitative estimate of drug-likeness (QED) is 0.336. The fourth-order valence-corrected chi connectivity index (χ4v) is 2.94. The number of ether oxygens (including phenoxy) is 1. The van der Waals surface area contributed by atoms with E-state index in [4.69, 9.17) is 16.3 Å². The largest absolute Gasteiger partial charge is 0.488 e. The van der Waals surface area contributed by atoms with E-state index in [1.165, 1.54) is 6.21 Å². The van der Waals surface area contributed by atoms with Crippen molar-refractivity contribution in [3.05, 3.63) is 94.0 Å². The Hall–Kier alpha value is -3.64. The van der Waals surface area contributed by atoms with Crippen molar-refractivity contribution in [3.63, 3.8) is 0 Å². The molecule has 0 fully saturated rings.